The number of hydrogen-bond acceptors (Lipinski definition) is 3. The van der Waals surface area contributed by atoms with E-state index in [-0.39, 0.29) is 11.4 Å². The zero-order chi connectivity index (χ0) is 10.1. The van der Waals surface area contributed by atoms with E-state index in [1.807, 2.05) is 12.2 Å². The van der Waals surface area contributed by atoms with Crippen LogP contribution in [0.2, 0.25) is 0 Å². The molecule has 0 aromatic heterocycles. The molecule has 0 saturated carbocycles. The summed E-state index contributed by atoms with van der Waals surface area (Å²) in [7, 11) is 3.46. The monoisotopic (exact) mass is 195 g/mol. The van der Waals surface area contributed by atoms with E-state index in [4.69, 9.17) is 9.47 Å². The number of fused-ring (bicyclic) bond motifs is 2. The maximum atomic E-state index is 5.54. The van der Waals surface area contributed by atoms with Crippen molar-refractivity contribution in [2.75, 3.05) is 14.2 Å². The molecule has 0 radical (unpaired) electrons. The van der Waals surface area contributed by atoms with Crippen LogP contribution in [0.1, 0.15) is 19.3 Å². The third kappa shape index (κ3) is 1.52. The van der Waals surface area contributed by atoms with Gasteiger partial charge in [-0.05, 0) is 31.4 Å². The second kappa shape index (κ2) is 3.50. The largest absolute Gasteiger partial charge is 0.360 e. The van der Waals surface area contributed by atoms with Crippen LogP contribution >= 0.6 is 0 Å². The maximum Gasteiger partial charge on any atom is 0.140 e. The molecule has 0 unspecified atom stereocenters. The van der Waals surface area contributed by atoms with Gasteiger partial charge in [-0.3, -0.25) is 5.32 Å². The Morgan fingerprint density at radius 1 is 1.00 bits per heavy atom. The van der Waals surface area contributed by atoms with Gasteiger partial charge in [0.15, 0.2) is 0 Å². The van der Waals surface area contributed by atoms with Crippen molar-refractivity contribution in [3.63, 3.8) is 0 Å². The molecule has 1 saturated heterocycles. The molecule has 2 aliphatic heterocycles. The van der Waals surface area contributed by atoms with Gasteiger partial charge >= 0.3 is 0 Å². The van der Waals surface area contributed by atoms with Crippen molar-refractivity contribution >= 4 is 0 Å². The van der Waals surface area contributed by atoms with Crippen molar-refractivity contribution in [1.82, 2.24) is 5.32 Å². The molecule has 1 fully saturated rings. The Hall–Kier alpha value is -0.640. The Morgan fingerprint density at radius 2 is 1.50 bits per heavy atom. The van der Waals surface area contributed by atoms with Crippen LogP contribution in [0.4, 0.5) is 0 Å². The van der Waals surface area contributed by atoms with Crippen molar-refractivity contribution in [3.8, 4) is 0 Å². The minimum Gasteiger partial charge on any atom is -0.360 e. The lowest BCUT2D eigenvalue weighted by atomic mass is 9.93. The average molecular weight is 195 g/mol. The Morgan fingerprint density at radius 3 is 1.93 bits per heavy atom. The highest BCUT2D eigenvalue weighted by atomic mass is 16.5. The molecule has 1 N–H and O–H groups in total. The normalized spacial score (nSPS) is 41.0. The zero-order valence-corrected chi connectivity index (χ0v) is 8.75. The van der Waals surface area contributed by atoms with Gasteiger partial charge in [-0.25, -0.2) is 0 Å². The van der Waals surface area contributed by atoms with Crippen molar-refractivity contribution in [2.45, 2.75) is 30.7 Å². The van der Waals surface area contributed by atoms with Gasteiger partial charge in [0.1, 0.15) is 11.4 Å². The van der Waals surface area contributed by atoms with Gasteiger partial charge in [0.05, 0.1) is 0 Å². The summed E-state index contributed by atoms with van der Waals surface area (Å²) in [6.07, 6.45) is 11.2. The highest BCUT2D eigenvalue weighted by Gasteiger charge is 2.42. The van der Waals surface area contributed by atoms with E-state index >= 15 is 0 Å². The predicted octanol–water partition coefficient (Wildman–Crippen LogP) is 1.57. The van der Waals surface area contributed by atoms with Crippen molar-refractivity contribution in [3.05, 3.63) is 24.3 Å². The first-order valence-electron chi connectivity index (χ1n) is 5.01. The fourth-order valence-corrected chi connectivity index (χ4v) is 2.21. The zero-order valence-electron chi connectivity index (χ0n) is 8.75. The number of piperidine rings is 1. The van der Waals surface area contributed by atoms with Crippen LogP contribution in [-0.4, -0.2) is 25.7 Å². The minimum absolute atomic E-state index is 0.349. The Kier molecular flexibility index (Phi) is 2.47. The standard InChI is InChI=1S/C11H17NO2/c1-13-10-6-3-4-7-11(12-10,14-2)9-5-8-10/h3-4,6-7,12H,5,8-9H2,1-2H3/t10-,11+. The van der Waals surface area contributed by atoms with Gasteiger partial charge < -0.3 is 9.47 Å². The van der Waals surface area contributed by atoms with Crippen LogP contribution in [0.3, 0.4) is 0 Å². The first kappa shape index (κ1) is 9.90. The van der Waals surface area contributed by atoms with Gasteiger partial charge in [0, 0.05) is 14.2 Å². The van der Waals surface area contributed by atoms with E-state index in [2.05, 4.69) is 17.5 Å². The van der Waals surface area contributed by atoms with Gasteiger partial charge in [-0.15, -0.1) is 0 Å². The second-order valence-electron chi connectivity index (χ2n) is 3.88. The molecular weight excluding hydrogens is 178 g/mol. The van der Waals surface area contributed by atoms with E-state index in [0.29, 0.717) is 0 Å². The molecular formula is C11H17NO2. The van der Waals surface area contributed by atoms with Crippen LogP contribution in [0.15, 0.2) is 24.3 Å². The van der Waals surface area contributed by atoms with Gasteiger partial charge in [-0.1, -0.05) is 12.2 Å². The van der Waals surface area contributed by atoms with Crippen molar-refractivity contribution in [2.24, 2.45) is 0 Å². The smallest absolute Gasteiger partial charge is 0.140 e. The fraction of sp³-hybridized carbons (Fsp3) is 0.636. The molecule has 3 nitrogen and oxygen atoms in total. The molecule has 0 aromatic rings. The Balaban J connectivity index is 2.31. The molecule has 2 rings (SSSR count). The minimum atomic E-state index is -0.349. The summed E-state index contributed by atoms with van der Waals surface area (Å²) >= 11 is 0. The molecule has 0 aromatic carbocycles. The molecule has 78 valence electrons. The van der Waals surface area contributed by atoms with Crippen LogP contribution in [0.5, 0.6) is 0 Å². The highest BCUT2D eigenvalue weighted by molar-refractivity contribution is 5.21. The molecule has 0 aliphatic carbocycles. The quantitative estimate of drug-likeness (QED) is 0.725. The number of ether oxygens (including phenoxy) is 2. The highest BCUT2D eigenvalue weighted by Crippen LogP contribution is 2.33. The van der Waals surface area contributed by atoms with Crippen LogP contribution in [0.25, 0.3) is 0 Å². The van der Waals surface area contributed by atoms with E-state index in [1.54, 1.807) is 14.2 Å². The van der Waals surface area contributed by atoms with Crippen LogP contribution in [0, 0.1) is 0 Å². The Bertz CT molecular complexity index is 248. The van der Waals surface area contributed by atoms with E-state index in [9.17, 15) is 0 Å². The number of methoxy groups -OCH3 is 2. The van der Waals surface area contributed by atoms with Gasteiger partial charge in [0.2, 0.25) is 0 Å². The summed E-state index contributed by atoms with van der Waals surface area (Å²) in [6.45, 7) is 0. The molecule has 0 amide bonds. The molecule has 3 heteroatoms. The van der Waals surface area contributed by atoms with Crippen molar-refractivity contribution < 1.29 is 9.47 Å². The lowest BCUT2D eigenvalue weighted by Gasteiger charge is -2.44. The fourth-order valence-electron chi connectivity index (χ4n) is 2.21. The first-order chi connectivity index (χ1) is 6.74. The summed E-state index contributed by atoms with van der Waals surface area (Å²) in [5.41, 5.74) is -0.699. The summed E-state index contributed by atoms with van der Waals surface area (Å²) in [4.78, 5) is 0. The predicted molar refractivity (Wildman–Crippen MR) is 54.7 cm³/mol. The topological polar surface area (TPSA) is 30.5 Å². The van der Waals surface area contributed by atoms with Crippen LogP contribution < -0.4 is 5.32 Å². The third-order valence-corrected chi connectivity index (χ3v) is 3.09. The van der Waals surface area contributed by atoms with E-state index < -0.39 is 0 Å². The number of hydrogen-bond donors (Lipinski definition) is 1. The van der Waals surface area contributed by atoms with Crippen LogP contribution in [-0.2, 0) is 9.47 Å². The average Bonchev–Trinajstić information content (AvgIpc) is 2.37. The third-order valence-electron chi connectivity index (χ3n) is 3.09. The van der Waals surface area contributed by atoms with Gasteiger partial charge in [-0.2, -0.15) is 0 Å². The molecule has 2 aliphatic rings. The first-order valence-corrected chi connectivity index (χ1v) is 5.01. The molecule has 2 heterocycles. The Labute approximate surface area is 84.8 Å². The molecule has 2 bridgehead atoms. The van der Waals surface area contributed by atoms with Crippen molar-refractivity contribution in [1.29, 1.82) is 0 Å². The van der Waals surface area contributed by atoms with Gasteiger partial charge in [0.25, 0.3) is 0 Å². The summed E-state index contributed by atoms with van der Waals surface area (Å²) in [6, 6.07) is 0. The summed E-state index contributed by atoms with van der Waals surface area (Å²) in [5.74, 6) is 0. The lowest BCUT2D eigenvalue weighted by molar-refractivity contribution is -0.121. The second-order valence-corrected chi connectivity index (χ2v) is 3.88. The van der Waals surface area contributed by atoms with E-state index in [0.717, 1.165) is 19.3 Å². The number of allylic oxidation sites excluding steroid dienone is 2. The molecule has 0 spiro atoms. The SMILES string of the molecule is CO[C@@]12C=CC=C[C@@](OC)(CCC1)N2. The summed E-state index contributed by atoms with van der Waals surface area (Å²) < 4.78 is 11.1. The molecule has 14 heavy (non-hydrogen) atoms. The number of nitrogens with one attached hydrogen (secondary N) is 1. The summed E-state index contributed by atoms with van der Waals surface area (Å²) in [5, 5.41) is 3.42. The molecule has 2 atom stereocenters. The van der Waals surface area contributed by atoms with E-state index in [1.165, 1.54) is 0 Å². The number of rotatable bonds is 2. The maximum absolute atomic E-state index is 5.54. The lowest BCUT2D eigenvalue weighted by Crippen LogP contribution is -2.60.